The minimum absolute atomic E-state index is 0.0932. The third-order valence-corrected chi connectivity index (χ3v) is 1.60. The standard InChI is InChI=1S/C8H18N2O2/c1-6(4-3-5-11)10-8(12)7(2)9/h6-7,11H,3-5,9H2,1-2H3,(H,10,12)/t6?,7-/m1/s1. The lowest BCUT2D eigenvalue weighted by Gasteiger charge is -2.14. The van der Waals surface area contributed by atoms with Crippen LogP contribution in [-0.4, -0.2) is 29.7 Å². The molecule has 1 amide bonds. The lowest BCUT2D eigenvalue weighted by molar-refractivity contribution is -0.122. The van der Waals surface area contributed by atoms with Crippen LogP contribution in [0.15, 0.2) is 0 Å². The van der Waals surface area contributed by atoms with E-state index in [1.54, 1.807) is 6.92 Å². The van der Waals surface area contributed by atoms with Crippen LogP contribution in [0.2, 0.25) is 0 Å². The highest BCUT2D eigenvalue weighted by molar-refractivity contribution is 5.81. The highest BCUT2D eigenvalue weighted by atomic mass is 16.2. The Morgan fingerprint density at radius 2 is 2.17 bits per heavy atom. The SMILES string of the molecule is CC(CCCO)NC(=O)[C@@H](C)N. The van der Waals surface area contributed by atoms with Crippen LogP contribution in [0, 0.1) is 0 Å². The molecule has 12 heavy (non-hydrogen) atoms. The second kappa shape index (κ2) is 5.97. The lowest BCUT2D eigenvalue weighted by Crippen LogP contribution is -2.42. The molecule has 2 atom stereocenters. The fourth-order valence-electron chi connectivity index (χ4n) is 0.844. The molecule has 0 aliphatic heterocycles. The molecule has 0 saturated heterocycles. The van der Waals surface area contributed by atoms with Crippen molar-refractivity contribution in [2.24, 2.45) is 5.73 Å². The van der Waals surface area contributed by atoms with Gasteiger partial charge in [0.1, 0.15) is 0 Å². The Bertz CT molecular complexity index is 137. The summed E-state index contributed by atoms with van der Waals surface area (Å²) in [7, 11) is 0. The van der Waals surface area contributed by atoms with Gasteiger partial charge in [-0.05, 0) is 26.7 Å². The topological polar surface area (TPSA) is 75.3 Å². The number of nitrogens with one attached hydrogen (secondary N) is 1. The van der Waals surface area contributed by atoms with E-state index in [4.69, 9.17) is 10.8 Å². The number of aliphatic hydroxyl groups is 1. The first kappa shape index (κ1) is 11.4. The second-order valence-corrected chi connectivity index (χ2v) is 3.06. The monoisotopic (exact) mass is 174 g/mol. The summed E-state index contributed by atoms with van der Waals surface area (Å²) in [5.74, 6) is -0.138. The molecule has 0 saturated carbocycles. The minimum atomic E-state index is -0.457. The zero-order chi connectivity index (χ0) is 9.56. The van der Waals surface area contributed by atoms with E-state index < -0.39 is 6.04 Å². The Hall–Kier alpha value is -0.610. The molecular weight excluding hydrogens is 156 g/mol. The fraction of sp³-hybridized carbons (Fsp3) is 0.875. The van der Waals surface area contributed by atoms with E-state index in [0.717, 1.165) is 6.42 Å². The number of amides is 1. The van der Waals surface area contributed by atoms with Crippen LogP contribution in [0.4, 0.5) is 0 Å². The molecule has 1 unspecified atom stereocenters. The van der Waals surface area contributed by atoms with Gasteiger partial charge < -0.3 is 16.2 Å². The largest absolute Gasteiger partial charge is 0.396 e. The van der Waals surface area contributed by atoms with Crippen LogP contribution < -0.4 is 11.1 Å². The zero-order valence-electron chi connectivity index (χ0n) is 7.71. The van der Waals surface area contributed by atoms with E-state index >= 15 is 0 Å². The molecule has 4 nitrogen and oxygen atoms in total. The molecule has 0 heterocycles. The number of carbonyl (C=O) groups excluding carboxylic acids is 1. The summed E-state index contributed by atoms with van der Waals surface area (Å²) in [6.07, 6.45) is 1.50. The van der Waals surface area contributed by atoms with Crippen molar-refractivity contribution in [3.63, 3.8) is 0 Å². The lowest BCUT2D eigenvalue weighted by atomic mass is 10.2. The van der Waals surface area contributed by atoms with Gasteiger partial charge in [-0.25, -0.2) is 0 Å². The Balaban J connectivity index is 3.54. The molecule has 0 fully saturated rings. The first-order valence-electron chi connectivity index (χ1n) is 4.24. The first-order valence-corrected chi connectivity index (χ1v) is 4.24. The molecule has 4 N–H and O–H groups in total. The van der Waals surface area contributed by atoms with Gasteiger partial charge >= 0.3 is 0 Å². The van der Waals surface area contributed by atoms with E-state index in [0.29, 0.717) is 6.42 Å². The van der Waals surface area contributed by atoms with E-state index in [9.17, 15) is 4.79 Å². The highest BCUT2D eigenvalue weighted by Gasteiger charge is 2.09. The maximum atomic E-state index is 11.0. The zero-order valence-corrected chi connectivity index (χ0v) is 7.71. The molecule has 0 aromatic carbocycles. The van der Waals surface area contributed by atoms with Gasteiger partial charge in [-0.1, -0.05) is 0 Å². The number of hydrogen-bond acceptors (Lipinski definition) is 3. The van der Waals surface area contributed by atoms with Gasteiger partial charge in [0.25, 0.3) is 0 Å². The highest BCUT2D eigenvalue weighted by Crippen LogP contribution is 1.95. The number of hydrogen-bond donors (Lipinski definition) is 3. The van der Waals surface area contributed by atoms with Crippen molar-refractivity contribution in [1.29, 1.82) is 0 Å². The Morgan fingerprint density at radius 1 is 1.58 bits per heavy atom. The van der Waals surface area contributed by atoms with Crippen molar-refractivity contribution >= 4 is 5.91 Å². The predicted molar refractivity (Wildman–Crippen MR) is 47.6 cm³/mol. The number of aliphatic hydroxyl groups excluding tert-OH is 1. The van der Waals surface area contributed by atoms with Gasteiger partial charge in [0.05, 0.1) is 6.04 Å². The average molecular weight is 174 g/mol. The summed E-state index contributed by atoms with van der Waals surface area (Å²) in [6, 6.07) is -0.364. The smallest absolute Gasteiger partial charge is 0.236 e. The van der Waals surface area contributed by atoms with Gasteiger partial charge in [-0.3, -0.25) is 4.79 Å². The summed E-state index contributed by atoms with van der Waals surface area (Å²) < 4.78 is 0. The van der Waals surface area contributed by atoms with Crippen molar-refractivity contribution in [1.82, 2.24) is 5.32 Å². The Kier molecular flexibility index (Phi) is 5.66. The van der Waals surface area contributed by atoms with Crippen LogP contribution >= 0.6 is 0 Å². The average Bonchev–Trinajstić information content (AvgIpc) is 2.00. The maximum absolute atomic E-state index is 11.0. The number of nitrogens with two attached hydrogens (primary N) is 1. The number of rotatable bonds is 5. The molecule has 0 bridgehead atoms. The summed E-state index contributed by atoms with van der Waals surface area (Å²) in [6.45, 7) is 3.71. The molecule has 4 heteroatoms. The maximum Gasteiger partial charge on any atom is 0.236 e. The van der Waals surface area contributed by atoms with E-state index in [-0.39, 0.29) is 18.6 Å². The van der Waals surface area contributed by atoms with Crippen molar-refractivity contribution in [3.05, 3.63) is 0 Å². The van der Waals surface area contributed by atoms with Crippen LogP contribution in [0.1, 0.15) is 26.7 Å². The summed E-state index contributed by atoms with van der Waals surface area (Å²) in [5, 5.41) is 11.3. The summed E-state index contributed by atoms with van der Waals surface area (Å²) >= 11 is 0. The molecule has 0 aromatic rings. The second-order valence-electron chi connectivity index (χ2n) is 3.06. The Labute approximate surface area is 73.1 Å². The quantitative estimate of drug-likeness (QED) is 0.531. The molecule has 0 spiro atoms. The summed E-state index contributed by atoms with van der Waals surface area (Å²) in [5.41, 5.74) is 5.35. The van der Waals surface area contributed by atoms with Crippen LogP contribution in [-0.2, 0) is 4.79 Å². The van der Waals surface area contributed by atoms with Gasteiger partial charge in [0.2, 0.25) is 5.91 Å². The summed E-state index contributed by atoms with van der Waals surface area (Å²) in [4.78, 5) is 11.0. The van der Waals surface area contributed by atoms with Gasteiger partial charge in [0, 0.05) is 12.6 Å². The first-order chi connectivity index (χ1) is 5.57. The molecule has 0 aromatic heterocycles. The molecule has 0 aliphatic rings. The third kappa shape index (κ3) is 5.09. The van der Waals surface area contributed by atoms with E-state index in [2.05, 4.69) is 5.32 Å². The van der Waals surface area contributed by atoms with Crippen molar-refractivity contribution in [2.45, 2.75) is 38.8 Å². The molecule has 72 valence electrons. The van der Waals surface area contributed by atoms with Gasteiger partial charge in [0.15, 0.2) is 0 Å². The predicted octanol–water partition coefficient (Wildman–Crippen LogP) is -0.389. The molecular formula is C8H18N2O2. The van der Waals surface area contributed by atoms with Gasteiger partial charge in [-0.2, -0.15) is 0 Å². The Morgan fingerprint density at radius 3 is 2.58 bits per heavy atom. The van der Waals surface area contributed by atoms with E-state index in [1.165, 1.54) is 0 Å². The van der Waals surface area contributed by atoms with Crippen LogP contribution in [0.3, 0.4) is 0 Å². The van der Waals surface area contributed by atoms with Crippen LogP contribution in [0.25, 0.3) is 0 Å². The molecule has 0 rings (SSSR count). The number of carbonyl (C=O) groups is 1. The molecule has 0 aliphatic carbocycles. The third-order valence-electron chi connectivity index (χ3n) is 1.60. The van der Waals surface area contributed by atoms with Gasteiger partial charge in [-0.15, -0.1) is 0 Å². The normalized spacial score (nSPS) is 15.3. The van der Waals surface area contributed by atoms with Crippen molar-refractivity contribution in [3.8, 4) is 0 Å². The van der Waals surface area contributed by atoms with E-state index in [1.807, 2.05) is 6.92 Å². The molecule has 0 radical (unpaired) electrons. The van der Waals surface area contributed by atoms with Crippen molar-refractivity contribution < 1.29 is 9.90 Å². The minimum Gasteiger partial charge on any atom is -0.396 e. The fourth-order valence-corrected chi connectivity index (χ4v) is 0.844. The van der Waals surface area contributed by atoms with Crippen molar-refractivity contribution in [2.75, 3.05) is 6.61 Å². The van der Waals surface area contributed by atoms with Crippen LogP contribution in [0.5, 0.6) is 0 Å².